The molecule has 4 aromatic rings. The quantitative estimate of drug-likeness (QED) is 0.425. The van der Waals surface area contributed by atoms with Gasteiger partial charge in [0, 0.05) is 17.3 Å². The lowest BCUT2D eigenvalue weighted by molar-refractivity contribution is 0.355. The van der Waals surface area contributed by atoms with Gasteiger partial charge in [-0.05, 0) is 60.2 Å². The highest BCUT2D eigenvalue weighted by Crippen LogP contribution is 2.35. The van der Waals surface area contributed by atoms with Crippen molar-refractivity contribution in [2.24, 2.45) is 0 Å². The molecule has 4 rings (SSSR count). The number of benzene rings is 2. The number of nitrogens with zero attached hydrogens (tertiary/aromatic N) is 1. The molecular formula is C24H21NO4. The first-order chi connectivity index (χ1) is 14.2. The molecule has 146 valence electrons. The largest absolute Gasteiger partial charge is 0.497 e. The van der Waals surface area contributed by atoms with E-state index in [1.54, 1.807) is 27.5 Å². The van der Waals surface area contributed by atoms with Crippen molar-refractivity contribution in [2.45, 2.75) is 0 Å². The summed E-state index contributed by atoms with van der Waals surface area (Å²) >= 11 is 0. The van der Waals surface area contributed by atoms with Crippen LogP contribution in [0.15, 0.2) is 65.2 Å². The summed E-state index contributed by atoms with van der Waals surface area (Å²) in [4.78, 5) is 4.52. The SMILES string of the molecule is COc1ccc(-c2oc3cccnc3c2/C=C/c2ccc(OC)c(OC)c2)cc1. The second-order valence-electron chi connectivity index (χ2n) is 6.37. The summed E-state index contributed by atoms with van der Waals surface area (Å²) in [5, 5.41) is 0. The second kappa shape index (κ2) is 8.10. The molecule has 0 spiro atoms. The summed E-state index contributed by atoms with van der Waals surface area (Å²) in [7, 11) is 4.90. The van der Waals surface area contributed by atoms with E-state index in [1.807, 2.05) is 66.7 Å². The monoisotopic (exact) mass is 387 g/mol. The molecule has 0 unspecified atom stereocenters. The van der Waals surface area contributed by atoms with Crippen molar-refractivity contribution in [3.05, 3.63) is 71.9 Å². The summed E-state index contributed by atoms with van der Waals surface area (Å²) < 4.78 is 22.1. The minimum Gasteiger partial charge on any atom is -0.497 e. The minimum atomic E-state index is 0.681. The Morgan fingerprint density at radius 1 is 0.828 bits per heavy atom. The van der Waals surface area contributed by atoms with Gasteiger partial charge in [-0.25, -0.2) is 0 Å². The van der Waals surface area contributed by atoms with Gasteiger partial charge in [0.1, 0.15) is 17.0 Å². The summed E-state index contributed by atoms with van der Waals surface area (Å²) in [5.41, 5.74) is 4.41. The van der Waals surface area contributed by atoms with Crippen molar-refractivity contribution in [3.63, 3.8) is 0 Å². The van der Waals surface area contributed by atoms with Crippen LogP contribution in [0.2, 0.25) is 0 Å². The summed E-state index contributed by atoms with van der Waals surface area (Å²) in [6.45, 7) is 0. The Kier molecular flexibility index (Phi) is 5.20. The summed E-state index contributed by atoms with van der Waals surface area (Å²) in [6, 6.07) is 17.4. The average Bonchev–Trinajstić information content (AvgIpc) is 3.16. The molecule has 29 heavy (non-hydrogen) atoms. The highest BCUT2D eigenvalue weighted by molar-refractivity contribution is 5.94. The molecule has 0 atom stereocenters. The lowest BCUT2D eigenvalue weighted by Crippen LogP contribution is -1.90. The summed E-state index contributed by atoms with van der Waals surface area (Å²) in [5.74, 6) is 2.93. The maximum Gasteiger partial charge on any atom is 0.161 e. The first kappa shape index (κ1) is 18.6. The number of aromatic nitrogens is 1. The fourth-order valence-electron chi connectivity index (χ4n) is 3.20. The number of pyridine rings is 1. The van der Waals surface area contributed by atoms with E-state index in [-0.39, 0.29) is 0 Å². The molecule has 0 saturated carbocycles. The van der Waals surface area contributed by atoms with Gasteiger partial charge in [0.2, 0.25) is 0 Å². The Bertz CT molecular complexity index is 1160. The van der Waals surface area contributed by atoms with Crippen molar-refractivity contribution in [1.82, 2.24) is 4.98 Å². The van der Waals surface area contributed by atoms with Gasteiger partial charge < -0.3 is 18.6 Å². The molecule has 0 saturated heterocycles. The number of ether oxygens (including phenoxy) is 3. The third kappa shape index (κ3) is 3.67. The van der Waals surface area contributed by atoms with Gasteiger partial charge in [0.05, 0.1) is 21.3 Å². The van der Waals surface area contributed by atoms with Crippen molar-refractivity contribution >= 4 is 23.3 Å². The molecule has 2 aromatic carbocycles. The van der Waals surface area contributed by atoms with E-state index < -0.39 is 0 Å². The highest BCUT2D eigenvalue weighted by atomic mass is 16.5. The third-order valence-corrected chi connectivity index (χ3v) is 4.68. The van der Waals surface area contributed by atoms with Crippen LogP contribution < -0.4 is 14.2 Å². The molecule has 0 fully saturated rings. The fraction of sp³-hybridized carbons (Fsp3) is 0.125. The molecular weight excluding hydrogens is 366 g/mol. The van der Waals surface area contributed by atoms with E-state index >= 15 is 0 Å². The first-order valence-corrected chi connectivity index (χ1v) is 9.15. The van der Waals surface area contributed by atoms with Crippen LogP contribution in [0.4, 0.5) is 0 Å². The predicted octanol–water partition coefficient (Wildman–Crippen LogP) is 5.69. The Balaban J connectivity index is 1.79. The van der Waals surface area contributed by atoms with Gasteiger partial charge in [-0.1, -0.05) is 12.1 Å². The van der Waals surface area contributed by atoms with E-state index in [9.17, 15) is 0 Å². The van der Waals surface area contributed by atoms with Crippen LogP contribution >= 0.6 is 0 Å². The Hall–Kier alpha value is -3.73. The Morgan fingerprint density at radius 3 is 2.34 bits per heavy atom. The van der Waals surface area contributed by atoms with Crippen molar-refractivity contribution in [1.29, 1.82) is 0 Å². The topological polar surface area (TPSA) is 53.7 Å². The van der Waals surface area contributed by atoms with Gasteiger partial charge in [-0.2, -0.15) is 0 Å². The number of rotatable bonds is 6. The van der Waals surface area contributed by atoms with Crippen LogP contribution in [0.5, 0.6) is 17.2 Å². The van der Waals surface area contributed by atoms with Crippen LogP contribution in [0.1, 0.15) is 11.1 Å². The molecule has 0 bridgehead atoms. The molecule has 2 heterocycles. The number of methoxy groups -OCH3 is 3. The maximum atomic E-state index is 6.13. The molecule has 2 aromatic heterocycles. The van der Waals surface area contributed by atoms with E-state index in [2.05, 4.69) is 4.98 Å². The molecule has 0 aliphatic rings. The Morgan fingerprint density at radius 2 is 1.62 bits per heavy atom. The minimum absolute atomic E-state index is 0.681. The smallest absolute Gasteiger partial charge is 0.161 e. The van der Waals surface area contributed by atoms with Gasteiger partial charge in [-0.15, -0.1) is 0 Å². The van der Waals surface area contributed by atoms with E-state index in [1.165, 1.54) is 0 Å². The number of hydrogen-bond donors (Lipinski definition) is 0. The zero-order valence-corrected chi connectivity index (χ0v) is 16.5. The normalized spacial score (nSPS) is 11.1. The van der Waals surface area contributed by atoms with Crippen molar-refractivity contribution in [2.75, 3.05) is 21.3 Å². The zero-order valence-electron chi connectivity index (χ0n) is 16.5. The fourth-order valence-corrected chi connectivity index (χ4v) is 3.20. The molecule has 0 aliphatic heterocycles. The van der Waals surface area contributed by atoms with Gasteiger partial charge in [0.25, 0.3) is 0 Å². The predicted molar refractivity (Wildman–Crippen MR) is 114 cm³/mol. The lowest BCUT2D eigenvalue weighted by Gasteiger charge is -2.07. The standard InChI is InChI=1S/C24H21NO4/c1-26-18-10-8-17(9-11-18)24-19(23-21(29-24)5-4-14-25-23)12-6-16-7-13-20(27-2)22(15-16)28-3/h4-15H,1-3H3/b12-6+. The molecule has 0 amide bonds. The maximum absolute atomic E-state index is 6.13. The molecule has 0 aliphatic carbocycles. The number of furan rings is 1. The number of hydrogen-bond acceptors (Lipinski definition) is 5. The summed E-state index contributed by atoms with van der Waals surface area (Å²) in [6.07, 6.45) is 5.79. The lowest BCUT2D eigenvalue weighted by atomic mass is 10.1. The van der Waals surface area contributed by atoms with E-state index in [0.29, 0.717) is 11.5 Å². The molecule has 0 N–H and O–H groups in total. The molecule has 0 radical (unpaired) electrons. The van der Waals surface area contributed by atoms with Gasteiger partial charge in [0.15, 0.2) is 17.1 Å². The zero-order chi connectivity index (χ0) is 20.2. The van der Waals surface area contributed by atoms with Crippen LogP contribution in [-0.2, 0) is 0 Å². The Labute approximate surface area is 169 Å². The third-order valence-electron chi connectivity index (χ3n) is 4.68. The average molecular weight is 387 g/mol. The van der Waals surface area contributed by atoms with E-state index in [4.69, 9.17) is 18.6 Å². The number of fused-ring (bicyclic) bond motifs is 1. The molecule has 5 nitrogen and oxygen atoms in total. The van der Waals surface area contributed by atoms with Crippen LogP contribution in [0.3, 0.4) is 0 Å². The van der Waals surface area contributed by atoms with E-state index in [0.717, 1.165) is 39.3 Å². The second-order valence-corrected chi connectivity index (χ2v) is 6.37. The molecule has 5 heteroatoms. The van der Waals surface area contributed by atoms with Crippen LogP contribution in [0.25, 0.3) is 34.6 Å². The van der Waals surface area contributed by atoms with Gasteiger partial charge >= 0.3 is 0 Å². The van der Waals surface area contributed by atoms with Crippen LogP contribution in [0, 0.1) is 0 Å². The van der Waals surface area contributed by atoms with Crippen molar-refractivity contribution in [3.8, 4) is 28.6 Å². The first-order valence-electron chi connectivity index (χ1n) is 9.15. The highest BCUT2D eigenvalue weighted by Gasteiger charge is 2.15. The van der Waals surface area contributed by atoms with Crippen molar-refractivity contribution < 1.29 is 18.6 Å². The van der Waals surface area contributed by atoms with Gasteiger partial charge in [-0.3, -0.25) is 4.98 Å². The van der Waals surface area contributed by atoms with Crippen LogP contribution in [-0.4, -0.2) is 26.3 Å².